The molecule has 0 atom stereocenters. The van der Waals surface area contributed by atoms with E-state index >= 15 is 0 Å². The average molecular weight is 222 g/mol. The summed E-state index contributed by atoms with van der Waals surface area (Å²) in [6, 6.07) is 3.93. The second-order valence-electron chi connectivity index (χ2n) is 5.29. The van der Waals surface area contributed by atoms with Crippen molar-refractivity contribution in [3.8, 4) is 0 Å². The van der Waals surface area contributed by atoms with Gasteiger partial charge in [0.15, 0.2) is 0 Å². The topological polar surface area (TPSA) is 54.1 Å². The molecule has 0 aliphatic heterocycles. The maximum atomic E-state index is 11.7. The summed E-state index contributed by atoms with van der Waals surface area (Å²) in [5.41, 5.74) is 0.389. The lowest BCUT2D eigenvalue weighted by atomic mass is 10.2. The first-order chi connectivity index (χ1) is 7.41. The molecule has 1 saturated carbocycles. The Kier molecular flexibility index (Phi) is 2.45. The molecule has 2 rings (SSSR count). The van der Waals surface area contributed by atoms with Crippen LogP contribution < -0.4 is 5.32 Å². The number of carbonyl (C=O) groups is 1. The van der Waals surface area contributed by atoms with Crippen molar-refractivity contribution in [1.82, 2.24) is 10.3 Å². The minimum Gasteiger partial charge on any atom is -0.444 e. The lowest BCUT2D eigenvalue weighted by Crippen LogP contribution is -2.39. The molecule has 2 N–H and O–H groups in total. The normalized spacial score (nSPS) is 17.9. The van der Waals surface area contributed by atoms with Crippen LogP contribution in [0.2, 0.25) is 0 Å². The van der Waals surface area contributed by atoms with Crippen molar-refractivity contribution in [2.24, 2.45) is 0 Å². The number of H-pyrrole nitrogens is 1. The Morgan fingerprint density at radius 2 is 2.19 bits per heavy atom. The van der Waals surface area contributed by atoms with E-state index < -0.39 is 5.60 Å². The molecule has 0 unspecified atom stereocenters. The predicted octanol–water partition coefficient (Wildman–Crippen LogP) is 2.53. The maximum Gasteiger partial charge on any atom is 0.408 e. The van der Waals surface area contributed by atoms with Gasteiger partial charge in [-0.15, -0.1) is 0 Å². The van der Waals surface area contributed by atoms with Crippen molar-refractivity contribution in [3.63, 3.8) is 0 Å². The second-order valence-corrected chi connectivity index (χ2v) is 5.29. The van der Waals surface area contributed by atoms with Crippen LogP contribution in [0.1, 0.15) is 39.3 Å². The van der Waals surface area contributed by atoms with Crippen LogP contribution in [0.5, 0.6) is 0 Å². The summed E-state index contributed by atoms with van der Waals surface area (Å²) in [6.45, 7) is 5.59. The van der Waals surface area contributed by atoms with Gasteiger partial charge in [-0.1, -0.05) is 0 Å². The summed E-state index contributed by atoms with van der Waals surface area (Å²) in [6.07, 6.45) is 3.45. The Bertz CT molecular complexity index is 372. The van der Waals surface area contributed by atoms with E-state index in [1.54, 1.807) is 0 Å². The number of alkyl carbamates (subject to hydrolysis) is 1. The minimum atomic E-state index is -0.449. The van der Waals surface area contributed by atoms with Gasteiger partial charge in [-0.2, -0.15) is 0 Å². The van der Waals surface area contributed by atoms with Gasteiger partial charge in [0.2, 0.25) is 0 Å². The maximum absolute atomic E-state index is 11.7. The zero-order chi connectivity index (χ0) is 11.8. The Morgan fingerprint density at radius 1 is 1.50 bits per heavy atom. The predicted molar refractivity (Wildman–Crippen MR) is 61.1 cm³/mol. The van der Waals surface area contributed by atoms with Crippen LogP contribution in [0, 0.1) is 0 Å². The van der Waals surface area contributed by atoms with E-state index in [2.05, 4.69) is 10.3 Å². The quantitative estimate of drug-likeness (QED) is 0.807. The van der Waals surface area contributed by atoms with Crippen LogP contribution in [-0.2, 0) is 10.3 Å². The molecule has 1 aromatic heterocycles. The molecule has 0 saturated heterocycles. The Morgan fingerprint density at radius 3 is 2.62 bits per heavy atom. The molecule has 88 valence electrons. The fourth-order valence-corrected chi connectivity index (χ4v) is 1.71. The standard InChI is InChI=1S/C12H18N2O2/c1-11(2,3)16-10(15)14-12(6-7-12)9-5-4-8-13-9/h4-5,8,13H,6-7H2,1-3H3,(H,14,15). The van der Waals surface area contributed by atoms with Crippen LogP contribution in [0.4, 0.5) is 4.79 Å². The number of amides is 1. The van der Waals surface area contributed by atoms with Crippen molar-refractivity contribution in [2.45, 2.75) is 44.8 Å². The second kappa shape index (κ2) is 3.54. The third-order valence-corrected chi connectivity index (χ3v) is 2.60. The largest absolute Gasteiger partial charge is 0.444 e. The zero-order valence-corrected chi connectivity index (χ0v) is 9.96. The lowest BCUT2D eigenvalue weighted by molar-refractivity contribution is 0.0494. The molecule has 1 amide bonds. The molecule has 4 nitrogen and oxygen atoms in total. The van der Waals surface area contributed by atoms with E-state index in [-0.39, 0.29) is 11.6 Å². The van der Waals surface area contributed by atoms with E-state index in [4.69, 9.17) is 4.74 Å². The van der Waals surface area contributed by atoms with Crippen molar-refractivity contribution < 1.29 is 9.53 Å². The lowest BCUT2D eigenvalue weighted by Gasteiger charge is -2.23. The molecule has 16 heavy (non-hydrogen) atoms. The van der Waals surface area contributed by atoms with E-state index in [0.29, 0.717) is 0 Å². The number of rotatable bonds is 2. The van der Waals surface area contributed by atoms with Crippen LogP contribution in [-0.4, -0.2) is 16.7 Å². The first-order valence-electron chi connectivity index (χ1n) is 5.56. The summed E-state index contributed by atoms with van der Waals surface area (Å²) in [7, 11) is 0. The monoisotopic (exact) mass is 222 g/mol. The summed E-state index contributed by atoms with van der Waals surface area (Å²) in [5.74, 6) is 0. The molecule has 0 bridgehead atoms. The van der Waals surface area contributed by atoms with Gasteiger partial charge >= 0.3 is 6.09 Å². The highest BCUT2D eigenvalue weighted by atomic mass is 16.6. The number of hydrogen-bond donors (Lipinski definition) is 2. The van der Waals surface area contributed by atoms with Crippen molar-refractivity contribution in [3.05, 3.63) is 24.0 Å². The fourth-order valence-electron chi connectivity index (χ4n) is 1.71. The third kappa shape index (κ3) is 2.38. The van der Waals surface area contributed by atoms with E-state index in [1.807, 2.05) is 39.1 Å². The molecule has 0 spiro atoms. The molecular formula is C12H18N2O2. The van der Waals surface area contributed by atoms with Gasteiger partial charge in [0.25, 0.3) is 0 Å². The molecule has 1 aromatic rings. The molecule has 1 fully saturated rings. The van der Waals surface area contributed by atoms with Crippen molar-refractivity contribution in [2.75, 3.05) is 0 Å². The van der Waals surface area contributed by atoms with E-state index in [0.717, 1.165) is 18.5 Å². The van der Waals surface area contributed by atoms with Gasteiger partial charge < -0.3 is 15.0 Å². The molecule has 1 aliphatic rings. The highest BCUT2D eigenvalue weighted by Gasteiger charge is 2.47. The molecular weight excluding hydrogens is 204 g/mol. The van der Waals surface area contributed by atoms with Gasteiger partial charge in [0.1, 0.15) is 5.60 Å². The fraction of sp³-hybridized carbons (Fsp3) is 0.583. The van der Waals surface area contributed by atoms with E-state index in [9.17, 15) is 4.79 Å². The van der Waals surface area contributed by atoms with Crippen LogP contribution >= 0.6 is 0 Å². The smallest absolute Gasteiger partial charge is 0.408 e. The van der Waals surface area contributed by atoms with Crippen LogP contribution in [0.3, 0.4) is 0 Å². The molecule has 4 heteroatoms. The summed E-state index contributed by atoms with van der Waals surface area (Å²) in [4.78, 5) is 14.8. The van der Waals surface area contributed by atoms with Gasteiger partial charge in [0, 0.05) is 11.9 Å². The van der Waals surface area contributed by atoms with Crippen LogP contribution in [0.15, 0.2) is 18.3 Å². The van der Waals surface area contributed by atoms with Gasteiger partial charge in [-0.25, -0.2) is 4.79 Å². The van der Waals surface area contributed by atoms with Crippen molar-refractivity contribution in [1.29, 1.82) is 0 Å². The summed E-state index contributed by atoms with van der Waals surface area (Å²) >= 11 is 0. The molecule has 0 aromatic carbocycles. The Labute approximate surface area is 95.4 Å². The molecule has 1 aliphatic carbocycles. The SMILES string of the molecule is CC(C)(C)OC(=O)NC1(c2ccc[nH]2)CC1. The highest BCUT2D eigenvalue weighted by Crippen LogP contribution is 2.44. The number of aromatic nitrogens is 1. The van der Waals surface area contributed by atoms with Gasteiger partial charge in [-0.05, 0) is 45.7 Å². The number of hydrogen-bond acceptors (Lipinski definition) is 2. The van der Waals surface area contributed by atoms with Gasteiger partial charge in [0.05, 0.1) is 5.54 Å². The minimum absolute atomic E-state index is 0.216. The summed E-state index contributed by atoms with van der Waals surface area (Å²) < 4.78 is 5.25. The first-order valence-corrected chi connectivity index (χ1v) is 5.56. The molecule has 0 radical (unpaired) electrons. The first kappa shape index (κ1) is 11.0. The van der Waals surface area contributed by atoms with Crippen LogP contribution in [0.25, 0.3) is 0 Å². The van der Waals surface area contributed by atoms with Gasteiger partial charge in [-0.3, -0.25) is 0 Å². The van der Waals surface area contributed by atoms with Crippen molar-refractivity contribution >= 4 is 6.09 Å². The average Bonchev–Trinajstić information content (AvgIpc) is 2.71. The van der Waals surface area contributed by atoms with E-state index in [1.165, 1.54) is 0 Å². The number of carbonyl (C=O) groups excluding carboxylic acids is 1. The third-order valence-electron chi connectivity index (χ3n) is 2.60. The number of aromatic amines is 1. The number of ether oxygens (including phenoxy) is 1. The highest BCUT2D eigenvalue weighted by molar-refractivity contribution is 5.69. The zero-order valence-electron chi connectivity index (χ0n) is 9.96. The summed E-state index contributed by atoms with van der Waals surface area (Å²) in [5, 5.41) is 2.93. The molecule has 1 heterocycles. The Hall–Kier alpha value is -1.45. The Balaban J connectivity index is 1.98. The number of nitrogens with one attached hydrogen (secondary N) is 2.